The molecule has 0 radical (unpaired) electrons. The minimum absolute atomic E-state index is 0.171. The lowest BCUT2D eigenvalue weighted by Crippen LogP contribution is -2.13. The van der Waals surface area contributed by atoms with Crippen LogP contribution in [0.25, 0.3) is 11.4 Å². The van der Waals surface area contributed by atoms with Crippen molar-refractivity contribution in [2.24, 2.45) is 0 Å². The van der Waals surface area contributed by atoms with Crippen LogP contribution in [0.15, 0.2) is 77.4 Å². The van der Waals surface area contributed by atoms with Crippen LogP contribution in [-0.4, -0.2) is 27.6 Å². The SMILES string of the molecule is CCOc1ccc(-c2noc(CCC(=O)Nc3cccnc3Oc3ccccc3)n2)cc1. The molecule has 8 nitrogen and oxygen atoms in total. The van der Waals surface area contributed by atoms with E-state index in [9.17, 15) is 4.79 Å². The minimum Gasteiger partial charge on any atom is -0.494 e. The van der Waals surface area contributed by atoms with Crippen LogP contribution in [0.4, 0.5) is 5.69 Å². The first-order valence-corrected chi connectivity index (χ1v) is 10.2. The summed E-state index contributed by atoms with van der Waals surface area (Å²) in [6.45, 7) is 2.54. The minimum atomic E-state index is -0.211. The van der Waals surface area contributed by atoms with Crippen molar-refractivity contribution in [3.8, 4) is 28.8 Å². The molecule has 32 heavy (non-hydrogen) atoms. The largest absolute Gasteiger partial charge is 0.494 e. The topological polar surface area (TPSA) is 99.4 Å². The van der Waals surface area contributed by atoms with Crippen molar-refractivity contribution in [1.29, 1.82) is 0 Å². The number of carbonyl (C=O) groups excluding carboxylic acids is 1. The number of rotatable bonds is 9. The van der Waals surface area contributed by atoms with Crippen molar-refractivity contribution < 1.29 is 18.8 Å². The number of nitrogens with one attached hydrogen (secondary N) is 1. The summed E-state index contributed by atoms with van der Waals surface area (Å²) in [5.41, 5.74) is 1.30. The molecule has 2 heterocycles. The number of anilines is 1. The summed E-state index contributed by atoms with van der Waals surface area (Å²) < 4.78 is 16.5. The molecule has 0 spiro atoms. The molecule has 2 aromatic heterocycles. The molecular formula is C24H22N4O4. The molecule has 0 saturated heterocycles. The van der Waals surface area contributed by atoms with Gasteiger partial charge in [0.25, 0.3) is 0 Å². The van der Waals surface area contributed by atoms with Crippen molar-refractivity contribution in [1.82, 2.24) is 15.1 Å². The summed E-state index contributed by atoms with van der Waals surface area (Å²) in [7, 11) is 0. The van der Waals surface area contributed by atoms with E-state index < -0.39 is 0 Å². The van der Waals surface area contributed by atoms with Gasteiger partial charge in [-0.15, -0.1) is 0 Å². The number of hydrogen-bond donors (Lipinski definition) is 1. The van der Waals surface area contributed by atoms with Crippen LogP contribution in [0.2, 0.25) is 0 Å². The number of ether oxygens (including phenoxy) is 2. The fraction of sp³-hybridized carbons (Fsp3) is 0.167. The second-order valence-electron chi connectivity index (χ2n) is 6.79. The van der Waals surface area contributed by atoms with E-state index in [2.05, 4.69) is 20.4 Å². The van der Waals surface area contributed by atoms with Gasteiger partial charge in [0.1, 0.15) is 17.2 Å². The molecule has 1 amide bonds. The van der Waals surface area contributed by atoms with Crippen LogP contribution < -0.4 is 14.8 Å². The summed E-state index contributed by atoms with van der Waals surface area (Å²) in [5, 5.41) is 6.82. The normalized spacial score (nSPS) is 10.5. The molecule has 1 N–H and O–H groups in total. The summed E-state index contributed by atoms with van der Waals surface area (Å²) >= 11 is 0. The second-order valence-corrected chi connectivity index (χ2v) is 6.79. The van der Waals surface area contributed by atoms with E-state index >= 15 is 0 Å². The molecule has 162 valence electrons. The molecule has 2 aromatic carbocycles. The molecule has 0 atom stereocenters. The summed E-state index contributed by atoms with van der Waals surface area (Å²) in [4.78, 5) is 21.1. The van der Waals surface area contributed by atoms with Gasteiger partial charge < -0.3 is 19.3 Å². The number of aromatic nitrogens is 3. The zero-order valence-corrected chi connectivity index (χ0v) is 17.5. The van der Waals surface area contributed by atoms with E-state index in [0.29, 0.717) is 42.1 Å². The number of aryl methyl sites for hydroxylation is 1. The smallest absolute Gasteiger partial charge is 0.243 e. The van der Waals surface area contributed by atoms with Crippen molar-refractivity contribution in [3.05, 3.63) is 78.8 Å². The van der Waals surface area contributed by atoms with E-state index in [1.54, 1.807) is 18.3 Å². The van der Waals surface area contributed by atoms with E-state index in [1.807, 2.05) is 61.5 Å². The lowest BCUT2D eigenvalue weighted by molar-refractivity contribution is -0.116. The highest BCUT2D eigenvalue weighted by molar-refractivity contribution is 5.92. The van der Waals surface area contributed by atoms with Crippen molar-refractivity contribution in [2.75, 3.05) is 11.9 Å². The van der Waals surface area contributed by atoms with Gasteiger partial charge in [0.05, 0.1) is 6.61 Å². The zero-order chi connectivity index (χ0) is 22.2. The van der Waals surface area contributed by atoms with Crippen molar-refractivity contribution in [3.63, 3.8) is 0 Å². The van der Waals surface area contributed by atoms with Gasteiger partial charge >= 0.3 is 0 Å². The Morgan fingerprint density at radius 3 is 2.59 bits per heavy atom. The van der Waals surface area contributed by atoms with Gasteiger partial charge in [0.2, 0.25) is 23.5 Å². The van der Waals surface area contributed by atoms with Crippen LogP contribution in [-0.2, 0) is 11.2 Å². The van der Waals surface area contributed by atoms with E-state index in [1.165, 1.54) is 0 Å². The van der Waals surface area contributed by atoms with Gasteiger partial charge in [-0.05, 0) is 55.5 Å². The third-order valence-electron chi connectivity index (χ3n) is 4.46. The van der Waals surface area contributed by atoms with Gasteiger partial charge in [-0.1, -0.05) is 23.4 Å². The van der Waals surface area contributed by atoms with Crippen LogP contribution in [0, 0.1) is 0 Å². The Balaban J connectivity index is 1.34. The number of benzene rings is 2. The van der Waals surface area contributed by atoms with Crippen molar-refractivity contribution >= 4 is 11.6 Å². The summed E-state index contributed by atoms with van der Waals surface area (Å²) in [6.07, 6.45) is 2.09. The van der Waals surface area contributed by atoms with Crippen LogP contribution in [0.5, 0.6) is 17.4 Å². The fourth-order valence-corrected chi connectivity index (χ4v) is 2.94. The Morgan fingerprint density at radius 1 is 1.00 bits per heavy atom. The first-order valence-electron chi connectivity index (χ1n) is 10.2. The van der Waals surface area contributed by atoms with Crippen LogP contribution in [0.1, 0.15) is 19.2 Å². The average molecular weight is 430 g/mol. The first-order chi connectivity index (χ1) is 15.7. The van der Waals surface area contributed by atoms with E-state index in [0.717, 1.165) is 11.3 Å². The molecule has 0 bridgehead atoms. The Hall–Kier alpha value is -4.20. The van der Waals surface area contributed by atoms with Gasteiger partial charge in [-0.2, -0.15) is 4.98 Å². The summed E-state index contributed by atoms with van der Waals surface area (Å²) in [5.74, 6) is 2.38. The lowest BCUT2D eigenvalue weighted by Gasteiger charge is -2.10. The van der Waals surface area contributed by atoms with E-state index in [-0.39, 0.29) is 12.3 Å². The summed E-state index contributed by atoms with van der Waals surface area (Å²) in [6, 6.07) is 20.2. The lowest BCUT2D eigenvalue weighted by atomic mass is 10.2. The number of hydrogen-bond acceptors (Lipinski definition) is 7. The number of para-hydroxylation sites is 1. The molecule has 0 unspecified atom stereocenters. The molecule has 0 aliphatic carbocycles. The molecule has 0 aliphatic rings. The Bertz CT molecular complexity index is 1160. The third-order valence-corrected chi connectivity index (χ3v) is 4.46. The Kier molecular flexibility index (Phi) is 6.72. The standard InChI is InChI=1S/C24H22N4O4/c1-2-30-18-12-10-17(11-13-18)23-27-22(32-28-23)15-14-21(29)26-20-9-6-16-25-24(20)31-19-7-4-3-5-8-19/h3-13,16H,2,14-15H2,1H3,(H,26,29). The fourth-order valence-electron chi connectivity index (χ4n) is 2.94. The van der Waals surface area contributed by atoms with Gasteiger partial charge in [-0.3, -0.25) is 4.79 Å². The number of nitrogens with zero attached hydrogens (tertiary/aromatic N) is 3. The number of carbonyl (C=O) groups is 1. The quantitative estimate of drug-likeness (QED) is 0.403. The van der Waals surface area contributed by atoms with Gasteiger partial charge in [0, 0.05) is 24.6 Å². The van der Waals surface area contributed by atoms with Crippen molar-refractivity contribution in [2.45, 2.75) is 19.8 Å². The van der Waals surface area contributed by atoms with Gasteiger partial charge in [0.15, 0.2) is 0 Å². The highest BCUT2D eigenvalue weighted by Crippen LogP contribution is 2.27. The van der Waals surface area contributed by atoms with Crippen LogP contribution >= 0.6 is 0 Å². The van der Waals surface area contributed by atoms with E-state index in [4.69, 9.17) is 14.0 Å². The zero-order valence-electron chi connectivity index (χ0n) is 17.5. The Morgan fingerprint density at radius 2 is 1.81 bits per heavy atom. The van der Waals surface area contributed by atoms with Gasteiger partial charge in [-0.25, -0.2) is 4.98 Å². The first kappa shape index (κ1) is 21.0. The maximum atomic E-state index is 12.5. The molecule has 0 saturated carbocycles. The van der Waals surface area contributed by atoms with Crippen LogP contribution in [0.3, 0.4) is 0 Å². The maximum Gasteiger partial charge on any atom is 0.243 e. The maximum absolute atomic E-state index is 12.5. The Labute approximate surface area is 185 Å². The monoisotopic (exact) mass is 430 g/mol. The molecule has 4 rings (SSSR count). The molecule has 0 aliphatic heterocycles. The molecular weight excluding hydrogens is 408 g/mol. The third kappa shape index (κ3) is 5.48. The molecule has 8 heteroatoms. The average Bonchev–Trinajstić information content (AvgIpc) is 3.30. The molecule has 0 fully saturated rings. The highest BCUT2D eigenvalue weighted by Gasteiger charge is 2.13. The molecule has 4 aromatic rings. The highest BCUT2D eigenvalue weighted by atomic mass is 16.5. The number of pyridine rings is 1. The predicted molar refractivity (Wildman–Crippen MR) is 119 cm³/mol. The predicted octanol–water partition coefficient (Wildman–Crippen LogP) is 4.89. The number of amides is 1. The second kappa shape index (κ2) is 10.2.